The second kappa shape index (κ2) is 3.77. The van der Waals surface area contributed by atoms with Crippen molar-refractivity contribution in [3.05, 3.63) is 22.4 Å². The first kappa shape index (κ1) is 10.4. The van der Waals surface area contributed by atoms with Crippen molar-refractivity contribution >= 4 is 23.2 Å². The summed E-state index contributed by atoms with van der Waals surface area (Å²) in [7, 11) is 0. The molecule has 2 heterocycles. The van der Waals surface area contributed by atoms with E-state index < -0.39 is 0 Å². The number of thiophene rings is 1. The van der Waals surface area contributed by atoms with Crippen LogP contribution in [0.2, 0.25) is 0 Å². The van der Waals surface area contributed by atoms with Crippen LogP contribution in [0.15, 0.2) is 17.5 Å². The Hall–Kier alpha value is -1.16. The molecule has 0 radical (unpaired) electrons. The molecule has 1 aromatic rings. The van der Waals surface area contributed by atoms with Crippen molar-refractivity contribution in [1.29, 1.82) is 0 Å². The van der Waals surface area contributed by atoms with Crippen LogP contribution in [0.3, 0.4) is 0 Å². The van der Waals surface area contributed by atoms with E-state index in [1.807, 2.05) is 31.4 Å². The van der Waals surface area contributed by atoms with Gasteiger partial charge >= 0.3 is 0 Å². The Bertz CT molecular complexity index is 383. The average molecular weight is 223 g/mol. The zero-order chi connectivity index (χ0) is 11.0. The van der Waals surface area contributed by atoms with Crippen molar-refractivity contribution in [3.63, 3.8) is 0 Å². The van der Waals surface area contributed by atoms with Gasteiger partial charge in [0.1, 0.15) is 0 Å². The highest BCUT2D eigenvalue weighted by Crippen LogP contribution is 2.37. The maximum Gasteiger partial charge on any atom is 0.232 e. The molecular formula is C11H13NO2S. The number of rotatable bonds is 2. The third-order valence-corrected chi connectivity index (χ3v) is 3.52. The van der Waals surface area contributed by atoms with E-state index in [0.29, 0.717) is 6.42 Å². The summed E-state index contributed by atoms with van der Waals surface area (Å²) in [5, 5.41) is 1.97. The SMILES string of the molecule is CC(C)C(=O)N1C(=O)C[C@H]1c1cccs1. The Labute approximate surface area is 92.7 Å². The largest absolute Gasteiger partial charge is 0.274 e. The van der Waals surface area contributed by atoms with Crippen molar-refractivity contribution in [2.75, 3.05) is 0 Å². The Morgan fingerprint density at radius 3 is 2.80 bits per heavy atom. The summed E-state index contributed by atoms with van der Waals surface area (Å²) in [6, 6.07) is 3.91. The van der Waals surface area contributed by atoms with Crippen molar-refractivity contribution < 1.29 is 9.59 Å². The van der Waals surface area contributed by atoms with Gasteiger partial charge in [0.2, 0.25) is 11.8 Å². The number of hydrogen-bond acceptors (Lipinski definition) is 3. The Morgan fingerprint density at radius 2 is 2.33 bits per heavy atom. The molecular weight excluding hydrogens is 210 g/mol. The molecule has 1 aromatic heterocycles. The van der Waals surface area contributed by atoms with E-state index in [2.05, 4.69) is 0 Å². The van der Waals surface area contributed by atoms with E-state index in [1.165, 1.54) is 4.90 Å². The predicted molar refractivity (Wildman–Crippen MR) is 58.4 cm³/mol. The highest BCUT2D eigenvalue weighted by Gasteiger charge is 2.42. The molecule has 0 aromatic carbocycles. The third kappa shape index (κ3) is 1.69. The molecule has 2 rings (SSSR count). The van der Waals surface area contributed by atoms with Gasteiger partial charge in [0, 0.05) is 10.8 Å². The molecule has 0 spiro atoms. The maximum absolute atomic E-state index is 11.8. The molecule has 3 nitrogen and oxygen atoms in total. The van der Waals surface area contributed by atoms with Crippen LogP contribution in [0.1, 0.15) is 31.2 Å². The number of likely N-dealkylation sites (tertiary alicyclic amines) is 1. The fourth-order valence-electron chi connectivity index (χ4n) is 1.68. The van der Waals surface area contributed by atoms with Crippen LogP contribution in [0, 0.1) is 5.92 Å². The van der Waals surface area contributed by atoms with E-state index in [0.717, 1.165) is 4.88 Å². The molecule has 0 N–H and O–H groups in total. The number of carbonyl (C=O) groups is 2. The minimum atomic E-state index is -0.114. The van der Waals surface area contributed by atoms with Gasteiger partial charge in [-0.1, -0.05) is 19.9 Å². The van der Waals surface area contributed by atoms with Crippen molar-refractivity contribution in [2.45, 2.75) is 26.3 Å². The number of β-lactam (4-membered cyclic amide) rings is 1. The zero-order valence-electron chi connectivity index (χ0n) is 8.77. The van der Waals surface area contributed by atoms with Crippen LogP contribution in [0.4, 0.5) is 0 Å². The lowest BCUT2D eigenvalue weighted by molar-refractivity contribution is -0.160. The lowest BCUT2D eigenvalue weighted by atomic mass is 9.98. The van der Waals surface area contributed by atoms with E-state index in [-0.39, 0.29) is 23.8 Å². The van der Waals surface area contributed by atoms with Gasteiger partial charge < -0.3 is 0 Å². The zero-order valence-corrected chi connectivity index (χ0v) is 9.58. The lowest BCUT2D eigenvalue weighted by Gasteiger charge is -2.39. The summed E-state index contributed by atoms with van der Waals surface area (Å²) in [6.45, 7) is 3.64. The number of amides is 2. The minimum Gasteiger partial charge on any atom is -0.274 e. The summed E-state index contributed by atoms with van der Waals surface area (Å²) in [4.78, 5) is 25.6. The van der Waals surface area contributed by atoms with Crippen LogP contribution in [0.25, 0.3) is 0 Å². The van der Waals surface area contributed by atoms with Crippen LogP contribution in [-0.4, -0.2) is 16.7 Å². The molecule has 0 saturated carbocycles. The van der Waals surface area contributed by atoms with E-state index in [1.54, 1.807) is 11.3 Å². The van der Waals surface area contributed by atoms with Crippen molar-refractivity contribution in [1.82, 2.24) is 4.90 Å². The molecule has 0 aliphatic carbocycles. The number of hydrogen-bond donors (Lipinski definition) is 0. The molecule has 15 heavy (non-hydrogen) atoms. The molecule has 1 fully saturated rings. The summed E-state index contributed by atoms with van der Waals surface area (Å²) in [6.07, 6.45) is 0.471. The molecule has 1 atom stereocenters. The van der Waals surface area contributed by atoms with Gasteiger partial charge in [-0.25, -0.2) is 0 Å². The fourth-order valence-corrected chi connectivity index (χ4v) is 2.50. The van der Waals surface area contributed by atoms with E-state index in [4.69, 9.17) is 0 Å². The molecule has 1 aliphatic rings. The fraction of sp³-hybridized carbons (Fsp3) is 0.455. The predicted octanol–water partition coefficient (Wildman–Crippen LogP) is 2.20. The number of imide groups is 1. The first-order valence-corrected chi connectivity index (χ1v) is 5.88. The van der Waals surface area contributed by atoms with Crippen LogP contribution in [-0.2, 0) is 9.59 Å². The lowest BCUT2D eigenvalue weighted by Crippen LogP contribution is -2.51. The normalized spacial score (nSPS) is 20.6. The highest BCUT2D eigenvalue weighted by molar-refractivity contribution is 7.10. The van der Waals surface area contributed by atoms with Gasteiger partial charge in [-0.05, 0) is 11.4 Å². The Balaban J connectivity index is 2.17. The summed E-state index contributed by atoms with van der Waals surface area (Å²) in [5.41, 5.74) is 0. The standard InChI is InChI=1S/C11H13NO2S/c1-7(2)11(14)12-8(6-10(12)13)9-4-3-5-15-9/h3-5,7-8H,6H2,1-2H3/t8-/m0/s1. The minimum absolute atomic E-state index is 0.00704. The third-order valence-electron chi connectivity index (χ3n) is 2.55. The monoisotopic (exact) mass is 223 g/mol. The summed E-state index contributed by atoms with van der Waals surface area (Å²) in [5.74, 6) is -0.228. The maximum atomic E-state index is 11.8. The van der Waals surface area contributed by atoms with Gasteiger partial charge in [0.05, 0.1) is 12.5 Å². The molecule has 1 aliphatic heterocycles. The van der Waals surface area contributed by atoms with Gasteiger partial charge in [-0.2, -0.15) is 0 Å². The van der Waals surface area contributed by atoms with Crippen LogP contribution >= 0.6 is 11.3 Å². The first-order chi connectivity index (χ1) is 7.11. The molecule has 0 unspecified atom stereocenters. The number of nitrogens with zero attached hydrogens (tertiary/aromatic N) is 1. The van der Waals surface area contributed by atoms with Crippen molar-refractivity contribution in [2.24, 2.45) is 5.92 Å². The Kier molecular flexibility index (Phi) is 2.61. The smallest absolute Gasteiger partial charge is 0.232 e. The van der Waals surface area contributed by atoms with E-state index in [9.17, 15) is 9.59 Å². The van der Waals surface area contributed by atoms with Crippen LogP contribution in [0.5, 0.6) is 0 Å². The number of carbonyl (C=O) groups excluding carboxylic acids is 2. The second-order valence-electron chi connectivity index (χ2n) is 3.99. The first-order valence-electron chi connectivity index (χ1n) is 5.00. The highest BCUT2D eigenvalue weighted by atomic mass is 32.1. The molecule has 1 saturated heterocycles. The molecule has 4 heteroatoms. The molecule has 0 bridgehead atoms. The second-order valence-corrected chi connectivity index (χ2v) is 4.97. The summed E-state index contributed by atoms with van der Waals surface area (Å²) >= 11 is 1.60. The quantitative estimate of drug-likeness (QED) is 0.721. The van der Waals surface area contributed by atoms with E-state index >= 15 is 0 Å². The summed E-state index contributed by atoms with van der Waals surface area (Å²) < 4.78 is 0. The van der Waals surface area contributed by atoms with Gasteiger partial charge in [-0.3, -0.25) is 14.5 Å². The average Bonchev–Trinajstić information content (AvgIpc) is 2.66. The van der Waals surface area contributed by atoms with Crippen LogP contribution < -0.4 is 0 Å². The van der Waals surface area contributed by atoms with Gasteiger partial charge in [-0.15, -0.1) is 11.3 Å². The Morgan fingerprint density at radius 1 is 1.60 bits per heavy atom. The van der Waals surface area contributed by atoms with Crippen molar-refractivity contribution in [3.8, 4) is 0 Å². The van der Waals surface area contributed by atoms with Gasteiger partial charge in [0.25, 0.3) is 0 Å². The topological polar surface area (TPSA) is 37.4 Å². The van der Waals surface area contributed by atoms with Gasteiger partial charge in [0.15, 0.2) is 0 Å². The molecule has 2 amide bonds. The molecule has 80 valence electrons.